The van der Waals surface area contributed by atoms with Crippen LogP contribution in [0.1, 0.15) is 0 Å². The van der Waals surface area contributed by atoms with Gasteiger partial charge in [-0.05, 0) is 6.07 Å². The zero-order chi connectivity index (χ0) is 13.7. The highest BCUT2D eigenvalue weighted by Gasteiger charge is 2.18. The third kappa shape index (κ3) is 4.12. The van der Waals surface area contributed by atoms with Crippen molar-refractivity contribution in [3.05, 3.63) is 23.5 Å². The van der Waals surface area contributed by atoms with Crippen LogP contribution in [0.2, 0.25) is 5.02 Å². The predicted octanol–water partition coefficient (Wildman–Crippen LogP) is 0.345. The molecule has 0 aromatic carbocycles. The van der Waals surface area contributed by atoms with Crippen molar-refractivity contribution in [2.75, 3.05) is 39.4 Å². The summed E-state index contributed by atoms with van der Waals surface area (Å²) in [5.41, 5.74) is 0. The van der Waals surface area contributed by atoms with Gasteiger partial charge in [0.1, 0.15) is 4.90 Å². The molecular formula is C11H16ClN3O3S. The van der Waals surface area contributed by atoms with E-state index >= 15 is 0 Å². The van der Waals surface area contributed by atoms with Gasteiger partial charge in [-0.3, -0.25) is 9.88 Å². The molecule has 2 heterocycles. The minimum Gasteiger partial charge on any atom is -0.379 e. The molecule has 0 bridgehead atoms. The average molecular weight is 306 g/mol. The summed E-state index contributed by atoms with van der Waals surface area (Å²) in [4.78, 5) is 5.94. The maximum atomic E-state index is 12.0. The summed E-state index contributed by atoms with van der Waals surface area (Å²) in [6.45, 7) is 4.04. The van der Waals surface area contributed by atoms with Crippen LogP contribution < -0.4 is 4.72 Å². The smallest absolute Gasteiger partial charge is 0.243 e. The van der Waals surface area contributed by atoms with Crippen molar-refractivity contribution in [3.63, 3.8) is 0 Å². The molecule has 0 spiro atoms. The van der Waals surface area contributed by atoms with E-state index < -0.39 is 10.0 Å². The van der Waals surface area contributed by atoms with E-state index in [9.17, 15) is 8.42 Å². The zero-order valence-corrected chi connectivity index (χ0v) is 12.0. The zero-order valence-electron chi connectivity index (χ0n) is 10.4. The van der Waals surface area contributed by atoms with Crippen LogP contribution >= 0.6 is 11.6 Å². The number of morpholine rings is 1. The van der Waals surface area contributed by atoms with Crippen molar-refractivity contribution < 1.29 is 13.2 Å². The molecule has 1 N–H and O–H groups in total. The highest BCUT2D eigenvalue weighted by molar-refractivity contribution is 7.89. The fourth-order valence-corrected chi connectivity index (χ4v) is 3.25. The van der Waals surface area contributed by atoms with Gasteiger partial charge in [0, 0.05) is 38.6 Å². The SMILES string of the molecule is O=S(=O)(NCCN1CCOCC1)c1cnccc1Cl. The summed E-state index contributed by atoms with van der Waals surface area (Å²) in [6, 6.07) is 1.46. The molecule has 0 radical (unpaired) electrons. The molecule has 0 unspecified atom stereocenters. The van der Waals surface area contributed by atoms with E-state index in [0.29, 0.717) is 26.3 Å². The molecule has 0 amide bonds. The molecule has 1 aliphatic rings. The van der Waals surface area contributed by atoms with E-state index in [2.05, 4.69) is 14.6 Å². The fourth-order valence-electron chi connectivity index (χ4n) is 1.80. The third-order valence-corrected chi connectivity index (χ3v) is 4.78. The molecule has 106 valence electrons. The molecule has 0 saturated carbocycles. The Bertz CT molecular complexity index is 518. The van der Waals surface area contributed by atoms with Crippen LogP contribution in [-0.2, 0) is 14.8 Å². The Kier molecular flexibility index (Phi) is 5.12. The molecule has 19 heavy (non-hydrogen) atoms. The quantitative estimate of drug-likeness (QED) is 0.850. The van der Waals surface area contributed by atoms with E-state index in [4.69, 9.17) is 16.3 Å². The lowest BCUT2D eigenvalue weighted by Gasteiger charge is -2.26. The molecule has 6 nitrogen and oxygen atoms in total. The van der Waals surface area contributed by atoms with E-state index in [1.165, 1.54) is 18.5 Å². The molecule has 2 rings (SSSR count). The second-order valence-corrected chi connectivity index (χ2v) is 6.30. The van der Waals surface area contributed by atoms with E-state index in [0.717, 1.165) is 13.1 Å². The first kappa shape index (κ1) is 14.7. The lowest BCUT2D eigenvalue weighted by molar-refractivity contribution is 0.0390. The number of ether oxygens (including phenoxy) is 1. The first-order chi connectivity index (χ1) is 9.09. The monoisotopic (exact) mass is 305 g/mol. The van der Waals surface area contributed by atoms with Gasteiger partial charge in [0.25, 0.3) is 0 Å². The van der Waals surface area contributed by atoms with Gasteiger partial charge in [0.15, 0.2) is 0 Å². The first-order valence-corrected chi connectivity index (χ1v) is 7.85. The Morgan fingerprint density at radius 2 is 2.16 bits per heavy atom. The minimum absolute atomic E-state index is 0.0126. The highest BCUT2D eigenvalue weighted by atomic mass is 35.5. The number of hydrogen-bond donors (Lipinski definition) is 1. The van der Waals surface area contributed by atoms with Crippen molar-refractivity contribution in [1.29, 1.82) is 0 Å². The second-order valence-electron chi connectivity index (χ2n) is 4.16. The number of halogens is 1. The van der Waals surface area contributed by atoms with Gasteiger partial charge < -0.3 is 4.74 Å². The Labute approximate surface area is 117 Å². The lowest BCUT2D eigenvalue weighted by Crippen LogP contribution is -2.41. The van der Waals surface area contributed by atoms with Crippen molar-refractivity contribution in [1.82, 2.24) is 14.6 Å². The summed E-state index contributed by atoms with van der Waals surface area (Å²) < 4.78 is 31.8. The second kappa shape index (κ2) is 6.62. The van der Waals surface area contributed by atoms with Gasteiger partial charge in [0.05, 0.1) is 18.2 Å². The lowest BCUT2D eigenvalue weighted by atomic mass is 10.4. The number of rotatable bonds is 5. The van der Waals surface area contributed by atoms with Gasteiger partial charge in [0.2, 0.25) is 10.0 Å². The fraction of sp³-hybridized carbons (Fsp3) is 0.545. The molecule has 0 aliphatic carbocycles. The van der Waals surface area contributed by atoms with Crippen molar-refractivity contribution in [3.8, 4) is 0 Å². The molecule has 1 aromatic heterocycles. The molecule has 8 heteroatoms. The van der Waals surface area contributed by atoms with Crippen molar-refractivity contribution in [2.24, 2.45) is 0 Å². The van der Waals surface area contributed by atoms with Gasteiger partial charge >= 0.3 is 0 Å². The molecular weight excluding hydrogens is 290 g/mol. The molecule has 1 aromatic rings. The van der Waals surface area contributed by atoms with Gasteiger partial charge in [-0.2, -0.15) is 0 Å². The topological polar surface area (TPSA) is 71.5 Å². The Balaban J connectivity index is 1.89. The minimum atomic E-state index is -3.59. The molecule has 0 atom stereocenters. The normalized spacial score (nSPS) is 17.5. The summed E-state index contributed by atoms with van der Waals surface area (Å²) in [5, 5.41) is 0.175. The Morgan fingerprint density at radius 3 is 2.84 bits per heavy atom. The number of hydrogen-bond acceptors (Lipinski definition) is 5. The average Bonchev–Trinajstić information content (AvgIpc) is 2.40. The number of nitrogens with zero attached hydrogens (tertiary/aromatic N) is 2. The summed E-state index contributed by atoms with van der Waals surface area (Å²) in [7, 11) is -3.59. The van der Waals surface area contributed by atoms with Crippen LogP contribution in [0.15, 0.2) is 23.4 Å². The Hall–Kier alpha value is -0.730. The van der Waals surface area contributed by atoms with Gasteiger partial charge in [-0.15, -0.1) is 0 Å². The number of nitrogens with one attached hydrogen (secondary N) is 1. The van der Waals surface area contributed by atoms with Crippen molar-refractivity contribution in [2.45, 2.75) is 4.90 Å². The van der Waals surface area contributed by atoms with E-state index in [1.54, 1.807) is 0 Å². The number of aromatic nitrogens is 1. The van der Waals surface area contributed by atoms with Gasteiger partial charge in [-0.25, -0.2) is 13.1 Å². The maximum absolute atomic E-state index is 12.0. The predicted molar refractivity (Wildman–Crippen MR) is 71.7 cm³/mol. The molecule has 1 fully saturated rings. The standard InChI is InChI=1S/C11H16ClN3O3S/c12-10-1-2-13-9-11(10)19(16,17)14-3-4-15-5-7-18-8-6-15/h1-2,9,14H,3-8H2. The Morgan fingerprint density at radius 1 is 1.42 bits per heavy atom. The van der Waals surface area contributed by atoms with Crippen LogP contribution in [0.4, 0.5) is 0 Å². The van der Waals surface area contributed by atoms with Gasteiger partial charge in [-0.1, -0.05) is 11.6 Å². The highest BCUT2D eigenvalue weighted by Crippen LogP contribution is 2.18. The van der Waals surface area contributed by atoms with Crippen LogP contribution in [0.3, 0.4) is 0 Å². The van der Waals surface area contributed by atoms with Crippen LogP contribution in [0.5, 0.6) is 0 Å². The largest absolute Gasteiger partial charge is 0.379 e. The summed E-state index contributed by atoms with van der Waals surface area (Å²) >= 11 is 5.85. The van der Waals surface area contributed by atoms with E-state index in [1.807, 2.05) is 0 Å². The first-order valence-electron chi connectivity index (χ1n) is 5.99. The van der Waals surface area contributed by atoms with E-state index in [-0.39, 0.29) is 9.92 Å². The molecule has 1 saturated heterocycles. The summed E-state index contributed by atoms with van der Waals surface area (Å²) in [5.74, 6) is 0. The van der Waals surface area contributed by atoms with Crippen LogP contribution in [-0.4, -0.2) is 57.7 Å². The third-order valence-electron chi connectivity index (χ3n) is 2.85. The molecule has 1 aliphatic heterocycles. The number of sulfonamides is 1. The maximum Gasteiger partial charge on any atom is 0.243 e. The summed E-state index contributed by atoms with van der Waals surface area (Å²) in [6.07, 6.45) is 2.70. The van der Waals surface area contributed by atoms with Crippen LogP contribution in [0.25, 0.3) is 0 Å². The van der Waals surface area contributed by atoms with Crippen molar-refractivity contribution >= 4 is 21.6 Å². The number of pyridine rings is 1. The van der Waals surface area contributed by atoms with Crippen LogP contribution in [0, 0.1) is 0 Å².